The Balaban J connectivity index is 1.77. The van der Waals surface area contributed by atoms with Crippen molar-refractivity contribution in [2.24, 2.45) is 0 Å². The Bertz CT molecular complexity index is 668. The lowest BCUT2D eigenvalue weighted by atomic mass is 10.1. The topological polar surface area (TPSA) is 74.2 Å². The molecule has 1 aliphatic heterocycles. The van der Waals surface area contributed by atoms with Crippen molar-refractivity contribution in [1.29, 1.82) is 0 Å². The van der Waals surface area contributed by atoms with Crippen LogP contribution >= 0.6 is 11.6 Å². The minimum atomic E-state index is 0.0840. The standard InChI is InChI=1S/C16H20ClN5O/c1-10-6-11(17)7-14(23)15(10)13-8-18-16(21-20-13)19-12-4-3-5-22(2)9-12/h6-8,12,23H,3-5,9H2,1-2H3,(H,18,19,21). The van der Waals surface area contributed by atoms with Gasteiger partial charge in [0.1, 0.15) is 11.4 Å². The molecule has 0 bridgehead atoms. The first-order valence-electron chi connectivity index (χ1n) is 7.67. The lowest BCUT2D eigenvalue weighted by Gasteiger charge is -2.29. The average molecular weight is 334 g/mol. The number of hydrogen-bond acceptors (Lipinski definition) is 6. The summed E-state index contributed by atoms with van der Waals surface area (Å²) in [5, 5.41) is 22.2. The molecule has 1 aliphatic rings. The number of benzene rings is 1. The summed E-state index contributed by atoms with van der Waals surface area (Å²) in [7, 11) is 2.11. The summed E-state index contributed by atoms with van der Waals surface area (Å²) in [6.45, 7) is 3.97. The normalized spacial score (nSPS) is 18.8. The lowest BCUT2D eigenvalue weighted by molar-refractivity contribution is 0.260. The Morgan fingerprint density at radius 2 is 2.17 bits per heavy atom. The summed E-state index contributed by atoms with van der Waals surface area (Å²) in [5.41, 5.74) is 1.97. The molecule has 7 heteroatoms. The molecule has 2 heterocycles. The lowest BCUT2D eigenvalue weighted by Crippen LogP contribution is -2.40. The van der Waals surface area contributed by atoms with Crippen LogP contribution in [-0.4, -0.2) is 51.4 Å². The molecule has 23 heavy (non-hydrogen) atoms. The highest BCUT2D eigenvalue weighted by atomic mass is 35.5. The van der Waals surface area contributed by atoms with E-state index in [1.807, 2.05) is 6.92 Å². The van der Waals surface area contributed by atoms with E-state index in [-0.39, 0.29) is 5.75 Å². The van der Waals surface area contributed by atoms with Crippen molar-refractivity contribution < 1.29 is 5.11 Å². The van der Waals surface area contributed by atoms with Gasteiger partial charge in [-0.1, -0.05) is 11.6 Å². The second-order valence-electron chi connectivity index (χ2n) is 6.03. The third kappa shape index (κ3) is 3.71. The minimum Gasteiger partial charge on any atom is -0.507 e. The molecule has 0 spiro atoms. The maximum Gasteiger partial charge on any atom is 0.242 e. The van der Waals surface area contributed by atoms with Gasteiger partial charge in [-0.25, -0.2) is 4.98 Å². The van der Waals surface area contributed by atoms with Gasteiger partial charge in [-0.05, 0) is 51.1 Å². The average Bonchev–Trinajstić information content (AvgIpc) is 2.48. The highest BCUT2D eigenvalue weighted by molar-refractivity contribution is 6.31. The van der Waals surface area contributed by atoms with E-state index in [0.29, 0.717) is 28.3 Å². The van der Waals surface area contributed by atoms with Crippen LogP contribution < -0.4 is 5.32 Å². The van der Waals surface area contributed by atoms with E-state index >= 15 is 0 Å². The van der Waals surface area contributed by atoms with Crippen molar-refractivity contribution >= 4 is 17.5 Å². The number of aromatic hydroxyl groups is 1. The molecule has 1 aromatic carbocycles. The van der Waals surface area contributed by atoms with Gasteiger partial charge in [-0.3, -0.25) is 0 Å². The van der Waals surface area contributed by atoms with Crippen molar-refractivity contribution in [1.82, 2.24) is 20.1 Å². The zero-order chi connectivity index (χ0) is 16.4. The van der Waals surface area contributed by atoms with E-state index in [9.17, 15) is 5.11 Å². The molecular weight excluding hydrogens is 314 g/mol. The molecule has 3 rings (SSSR count). The second kappa shape index (κ2) is 6.68. The van der Waals surface area contributed by atoms with Gasteiger partial charge >= 0.3 is 0 Å². The summed E-state index contributed by atoms with van der Waals surface area (Å²) in [6.07, 6.45) is 3.89. The van der Waals surface area contributed by atoms with Crippen LogP contribution in [0.25, 0.3) is 11.3 Å². The van der Waals surface area contributed by atoms with E-state index in [4.69, 9.17) is 11.6 Å². The fourth-order valence-corrected chi connectivity index (χ4v) is 3.25. The summed E-state index contributed by atoms with van der Waals surface area (Å²) in [6, 6.07) is 3.62. The molecule has 1 unspecified atom stereocenters. The molecule has 0 radical (unpaired) electrons. The number of piperidine rings is 1. The van der Waals surface area contributed by atoms with Gasteiger partial charge in [0, 0.05) is 23.2 Å². The number of likely N-dealkylation sites (tertiary alicyclic amines) is 1. The first kappa shape index (κ1) is 16.0. The van der Waals surface area contributed by atoms with Crippen LogP contribution in [0.5, 0.6) is 5.75 Å². The number of rotatable bonds is 3. The third-order valence-electron chi connectivity index (χ3n) is 4.05. The minimum absolute atomic E-state index is 0.0840. The van der Waals surface area contributed by atoms with Gasteiger partial charge in [0.05, 0.1) is 6.20 Å². The molecule has 2 N–H and O–H groups in total. The summed E-state index contributed by atoms with van der Waals surface area (Å²) in [5.74, 6) is 0.598. The van der Waals surface area contributed by atoms with Crippen molar-refractivity contribution in [3.63, 3.8) is 0 Å². The maximum absolute atomic E-state index is 10.1. The molecule has 0 amide bonds. The monoisotopic (exact) mass is 333 g/mol. The number of hydrogen-bond donors (Lipinski definition) is 2. The zero-order valence-electron chi connectivity index (χ0n) is 13.3. The van der Waals surface area contributed by atoms with Crippen LogP contribution in [0, 0.1) is 6.92 Å². The number of likely N-dealkylation sites (N-methyl/N-ethyl adjacent to an activating group) is 1. The Morgan fingerprint density at radius 1 is 1.35 bits per heavy atom. The van der Waals surface area contributed by atoms with Gasteiger partial charge in [0.2, 0.25) is 5.95 Å². The molecule has 122 valence electrons. The highest BCUT2D eigenvalue weighted by Crippen LogP contribution is 2.33. The van der Waals surface area contributed by atoms with Gasteiger partial charge in [0.25, 0.3) is 0 Å². The number of phenolic OH excluding ortho intramolecular Hbond substituents is 1. The summed E-state index contributed by atoms with van der Waals surface area (Å²) < 4.78 is 0. The van der Waals surface area contributed by atoms with Crippen LogP contribution in [0.1, 0.15) is 18.4 Å². The molecule has 1 fully saturated rings. The molecule has 0 aliphatic carbocycles. The van der Waals surface area contributed by atoms with Crippen molar-refractivity contribution in [3.8, 4) is 17.0 Å². The Labute approximate surface area is 140 Å². The van der Waals surface area contributed by atoms with Gasteiger partial charge in [-0.2, -0.15) is 0 Å². The predicted octanol–water partition coefficient (Wildman–Crippen LogP) is 2.71. The van der Waals surface area contributed by atoms with E-state index in [1.54, 1.807) is 12.3 Å². The van der Waals surface area contributed by atoms with Gasteiger partial charge in [-0.15, -0.1) is 10.2 Å². The first-order valence-corrected chi connectivity index (χ1v) is 8.05. The van der Waals surface area contributed by atoms with Gasteiger partial charge < -0.3 is 15.3 Å². The Morgan fingerprint density at radius 3 is 2.83 bits per heavy atom. The van der Waals surface area contributed by atoms with E-state index < -0.39 is 0 Å². The number of aromatic nitrogens is 3. The van der Waals surface area contributed by atoms with Crippen LogP contribution in [0.15, 0.2) is 18.3 Å². The molecule has 2 aromatic rings. The second-order valence-corrected chi connectivity index (χ2v) is 6.47. The number of halogens is 1. The Kier molecular flexibility index (Phi) is 4.63. The van der Waals surface area contributed by atoms with E-state index in [0.717, 1.165) is 31.5 Å². The number of nitrogens with one attached hydrogen (secondary N) is 1. The van der Waals surface area contributed by atoms with Crippen LogP contribution in [0.4, 0.5) is 5.95 Å². The Hall–Kier alpha value is -1.92. The number of aryl methyl sites for hydroxylation is 1. The largest absolute Gasteiger partial charge is 0.507 e. The smallest absolute Gasteiger partial charge is 0.242 e. The van der Waals surface area contributed by atoms with E-state index in [1.165, 1.54) is 6.07 Å². The van der Waals surface area contributed by atoms with Crippen molar-refractivity contribution in [3.05, 3.63) is 28.9 Å². The highest BCUT2D eigenvalue weighted by Gasteiger charge is 2.18. The molecule has 1 atom stereocenters. The van der Waals surface area contributed by atoms with Crippen LogP contribution in [0.3, 0.4) is 0 Å². The fraction of sp³-hybridized carbons (Fsp3) is 0.438. The third-order valence-corrected chi connectivity index (χ3v) is 4.27. The predicted molar refractivity (Wildman–Crippen MR) is 90.8 cm³/mol. The van der Waals surface area contributed by atoms with Crippen molar-refractivity contribution in [2.45, 2.75) is 25.8 Å². The zero-order valence-corrected chi connectivity index (χ0v) is 14.0. The summed E-state index contributed by atoms with van der Waals surface area (Å²) in [4.78, 5) is 6.62. The molecule has 1 aromatic heterocycles. The fourth-order valence-electron chi connectivity index (χ4n) is 2.98. The molecule has 6 nitrogen and oxygen atoms in total. The SMILES string of the molecule is Cc1cc(Cl)cc(O)c1-c1cnc(NC2CCCN(C)C2)nn1. The van der Waals surface area contributed by atoms with Crippen LogP contribution in [-0.2, 0) is 0 Å². The molecular formula is C16H20ClN5O. The first-order chi connectivity index (χ1) is 11.0. The molecule has 1 saturated heterocycles. The quantitative estimate of drug-likeness (QED) is 0.899. The maximum atomic E-state index is 10.1. The van der Waals surface area contributed by atoms with Crippen LogP contribution in [0.2, 0.25) is 5.02 Å². The number of anilines is 1. The number of nitrogens with zero attached hydrogens (tertiary/aromatic N) is 4. The van der Waals surface area contributed by atoms with Gasteiger partial charge in [0.15, 0.2) is 0 Å². The van der Waals surface area contributed by atoms with E-state index in [2.05, 4.69) is 32.4 Å². The molecule has 0 saturated carbocycles. The van der Waals surface area contributed by atoms with Crippen molar-refractivity contribution in [2.75, 3.05) is 25.5 Å². The summed E-state index contributed by atoms with van der Waals surface area (Å²) >= 11 is 5.93. The number of phenols is 1.